The molecule has 0 saturated heterocycles. The third kappa shape index (κ3) is 3.34. The molecular formula is C16H14NO5PS. The summed E-state index contributed by atoms with van der Waals surface area (Å²) in [5, 5.41) is 13.1. The van der Waals surface area contributed by atoms with Crippen LogP contribution >= 0.6 is 18.9 Å². The van der Waals surface area contributed by atoms with Gasteiger partial charge in [0.1, 0.15) is 5.75 Å². The van der Waals surface area contributed by atoms with E-state index in [1.165, 1.54) is 35.6 Å². The molecule has 0 bridgehead atoms. The van der Waals surface area contributed by atoms with Crippen molar-refractivity contribution in [1.29, 1.82) is 0 Å². The molecule has 124 valence electrons. The van der Waals surface area contributed by atoms with Crippen LogP contribution < -0.4 is 5.32 Å². The van der Waals surface area contributed by atoms with Crippen molar-refractivity contribution in [3.63, 3.8) is 0 Å². The standard InChI is InChI=1S/C16H14NO5PS/c18-12-7-3-2-6-11(12)16(23(20,21)22)17-15(19)14-9-10-5-1-4-8-13(10)24-14/h1-9,16,18H,(H,17,19)(H2,20,21,22)/t16-/m1/s1. The SMILES string of the molecule is O=C(N[C@@H](c1ccccc1O)P(=O)(O)O)c1cc2ccccc2s1. The molecule has 2 aromatic carbocycles. The molecule has 1 heterocycles. The number of hydrogen-bond donors (Lipinski definition) is 4. The van der Waals surface area contributed by atoms with Crippen LogP contribution in [0.4, 0.5) is 0 Å². The summed E-state index contributed by atoms with van der Waals surface area (Å²) in [5.41, 5.74) is -0.0275. The fourth-order valence-electron chi connectivity index (χ4n) is 2.35. The Bertz CT molecular complexity index is 915. The van der Waals surface area contributed by atoms with Crippen molar-refractivity contribution < 1.29 is 24.3 Å². The van der Waals surface area contributed by atoms with E-state index in [2.05, 4.69) is 5.32 Å². The topological polar surface area (TPSA) is 107 Å². The molecule has 8 heteroatoms. The number of nitrogens with one attached hydrogen (secondary N) is 1. The minimum atomic E-state index is -4.72. The number of thiophene rings is 1. The largest absolute Gasteiger partial charge is 0.508 e. The lowest BCUT2D eigenvalue weighted by Crippen LogP contribution is -2.28. The zero-order chi connectivity index (χ0) is 17.3. The van der Waals surface area contributed by atoms with Gasteiger partial charge in [-0.25, -0.2) is 0 Å². The highest BCUT2D eigenvalue weighted by Gasteiger charge is 2.34. The maximum absolute atomic E-state index is 12.4. The molecular weight excluding hydrogens is 349 g/mol. The maximum atomic E-state index is 12.4. The fourth-order valence-corrected chi connectivity index (χ4v) is 4.18. The minimum Gasteiger partial charge on any atom is -0.508 e. The summed E-state index contributed by atoms with van der Waals surface area (Å²) in [4.78, 5) is 31.9. The Kier molecular flexibility index (Phi) is 4.43. The van der Waals surface area contributed by atoms with Crippen molar-refractivity contribution in [1.82, 2.24) is 5.32 Å². The van der Waals surface area contributed by atoms with E-state index >= 15 is 0 Å². The number of benzene rings is 2. The molecule has 3 rings (SSSR count). The van der Waals surface area contributed by atoms with Crippen LogP contribution in [0, 0.1) is 0 Å². The van der Waals surface area contributed by atoms with Crippen molar-refractivity contribution >= 4 is 34.9 Å². The Morgan fingerprint density at radius 2 is 1.75 bits per heavy atom. The van der Waals surface area contributed by atoms with Crippen LogP contribution in [-0.2, 0) is 4.57 Å². The summed E-state index contributed by atoms with van der Waals surface area (Å²) < 4.78 is 12.7. The van der Waals surface area contributed by atoms with Gasteiger partial charge in [0, 0.05) is 10.3 Å². The van der Waals surface area contributed by atoms with Crippen molar-refractivity contribution in [3.05, 3.63) is 65.0 Å². The maximum Gasteiger partial charge on any atom is 0.352 e. The third-order valence-electron chi connectivity index (χ3n) is 3.48. The predicted octanol–water partition coefficient (Wildman–Crippen LogP) is 3.21. The molecule has 0 fully saturated rings. The Balaban J connectivity index is 1.94. The Morgan fingerprint density at radius 3 is 2.42 bits per heavy atom. The second-order valence-corrected chi connectivity index (χ2v) is 7.95. The second-order valence-electron chi connectivity index (χ2n) is 5.17. The molecule has 0 aliphatic carbocycles. The van der Waals surface area contributed by atoms with Crippen molar-refractivity contribution in [3.8, 4) is 5.75 Å². The molecule has 0 radical (unpaired) electrons. The normalized spacial score (nSPS) is 12.9. The molecule has 6 nitrogen and oxygen atoms in total. The molecule has 0 unspecified atom stereocenters. The minimum absolute atomic E-state index is 0.0275. The van der Waals surface area contributed by atoms with Gasteiger partial charge in [0.25, 0.3) is 5.91 Å². The fraction of sp³-hybridized carbons (Fsp3) is 0.0625. The second kappa shape index (κ2) is 6.37. The summed E-state index contributed by atoms with van der Waals surface area (Å²) in [5.74, 6) is -2.51. The molecule has 3 aromatic rings. The Labute approximate surface area is 141 Å². The molecule has 4 N–H and O–H groups in total. The molecule has 0 saturated carbocycles. The smallest absolute Gasteiger partial charge is 0.352 e. The van der Waals surface area contributed by atoms with Gasteiger partial charge >= 0.3 is 7.60 Å². The summed E-state index contributed by atoms with van der Waals surface area (Å²) in [6.07, 6.45) is 0. The van der Waals surface area contributed by atoms with E-state index < -0.39 is 19.3 Å². The highest BCUT2D eigenvalue weighted by atomic mass is 32.1. The number of carbonyl (C=O) groups excluding carboxylic acids is 1. The molecule has 1 atom stereocenters. The third-order valence-corrected chi connectivity index (χ3v) is 5.68. The molecule has 0 aliphatic rings. The van der Waals surface area contributed by atoms with Gasteiger partial charge in [-0.2, -0.15) is 0 Å². The molecule has 1 aromatic heterocycles. The summed E-state index contributed by atoms with van der Waals surface area (Å²) in [7, 11) is -4.72. The number of aromatic hydroxyl groups is 1. The van der Waals surface area contributed by atoms with Crippen molar-refractivity contribution in [2.45, 2.75) is 5.78 Å². The first-order valence-electron chi connectivity index (χ1n) is 6.99. The summed E-state index contributed by atoms with van der Waals surface area (Å²) >= 11 is 1.23. The number of amides is 1. The van der Waals surface area contributed by atoms with Crippen LogP contribution in [0.1, 0.15) is 21.0 Å². The summed E-state index contributed by atoms with van der Waals surface area (Å²) in [6.45, 7) is 0. The number of fused-ring (bicyclic) bond motifs is 1. The van der Waals surface area contributed by atoms with Crippen LogP contribution in [0.25, 0.3) is 10.1 Å². The number of para-hydroxylation sites is 1. The molecule has 24 heavy (non-hydrogen) atoms. The predicted molar refractivity (Wildman–Crippen MR) is 92.2 cm³/mol. The van der Waals surface area contributed by atoms with E-state index in [4.69, 9.17) is 0 Å². The van der Waals surface area contributed by atoms with Gasteiger partial charge in [0.2, 0.25) is 0 Å². The first kappa shape index (κ1) is 16.7. The Hall–Kier alpha value is -2.18. The molecule has 0 spiro atoms. The van der Waals surface area contributed by atoms with E-state index in [-0.39, 0.29) is 11.3 Å². The monoisotopic (exact) mass is 363 g/mol. The van der Waals surface area contributed by atoms with Crippen LogP contribution in [0.3, 0.4) is 0 Å². The zero-order valence-electron chi connectivity index (χ0n) is 12.3. The van der Waals surface area contributed by atoms with E-state index in [1.807, 2.05) is 24.3 Å². The van der Waals surface area contributed by atoms with Crippen molar-refractivity contribution in [2.24, 2.45) is 0 Å². The molecule has 0 aliphatic heterocycles. The van der Waals surface area contributed by atoms with Gasteiger partial charge < -0.3 is 20.2 Å². The number of phenolic OH excluding ortho intramolecular Hbond substituents is 1. The van der Waals surface area contributed by atoms with Gasteiger partial charge in [0.15, 0.2) is 5.78 Å². The highest BCUT2D eigenvalue weighted by Crippen LogP contribution is 2.52. The van der Waals surface area contributed by atoms with E-state index in [0.717, 1.165) is 10.1 Å². The van der Waals surface area contributed by atoms with Gasteiger partial charge in [-0.3, -0.25) is 9.36 Å². The lowest BCUT2D eigenvalue weighted by Gasteiger charge is -2.20. The van der Waals surface area contributed by atoms with Gasteiger partial charge in [-0.05, 0) is 23.6 Å². The number of hydrogen-bond acceptors (Lipinski definition) is 4. The number of phenols is 1. The van der Waals surface area contributed by atoms with Crippen molar-refractivity contribution in [2.75, 3.05) is 0 Å². The Morgan fingerprint density at radius 1 is 1.08 bits per heavy atom. The number of carbonyl (C=O) groups is 1. The van der Waals surface area contributed by atoms with E-state index in [9.17, 15) is 24.3 Å². The lowest BCUT2D eigenvalue weighted by atomic mass is 10.2. The molecule has 1 amide bonds. The van der Waals surface area contributed by atoms with E-state index in [0.29, 0.717) is 4.88 Å². The van der Waals surface area contributed by atoms with Crippen LogP contribution in [0.15, 0.2) is 54.6 Å². The van der Waals surface area contributed by atoms with Crippen LogP contribution in [0.5, 0.6) is 5.75 Å². The van der Waals surface area contributed by atoms with E-state index in [1.54, 1.807) is 6.07 Å². The van der Waals surface area contributed by atoms with Gasteiger partial charge in [0.05, 0.1) is 4.88 Å². The average molecular weight is 363 g/mol. The summed E-state index contributed by atoms with van der Waals surface area (Å²) in [6, 6.07) is 14.8. The lowest BCUT2D eigenvalue weighted by molar-refractivity contribution is 0.0946. The first-order chi connectivity index (χ1) is 11.4. The van der Waals surface area contributed by atoms with Gasteiger partial charge in [-0.15, -0.1) is 11.3 Å². The quantitative estimate of drug-likeness (QED) is 0.533. The van der Waals surface area contributed by atoms with Crippen LogP contribution in [0.2, 0.25) is 0 Å². The van der Waals surface area contributed by atoms with Gasteiger partial charge in [-0.1, -0.05) is 36.4 Å². The average Bonchev–Trinajstić information content (AvgIpc) is 2.96. The van der Waals surface area contributed by atoms with Crippen LogP contribution in [-0.4, -0.2) is 20.8 Å². The highest BCUT2D eigenvalue weighted by molar-refractivity contribution is 7.52. The number of rotatable bonds is 4. The first-order valence-corrected chi connectivity index (χ1v) is 9.48. The zero-order valence-corrected chi connectivity index (χ0v) is 14.0.